The minimum Gasteiger partial charge on any atom is -0.497 e. The molecule has 1 heterocycles. The molecule has 6 heteroatoms. The smallest absolute Gasteiger partial charge is 0.295 e. The molecule has 0 unspecified atom stereocenters. The highest BCUT2D eigenvalue weighted by atomic mass is 35.5. The van der Waals surface area contributed by atoms with Crippen LogP contribution in [0.1, 0.15) is 13.8 Å². The largest absolute Gasteiger partial charge is 0.497 e. The number of rotatable bonds is 5. The van der Waals surface area contributed by atoms with Gasteiger partial charge >= 0.3 is 0 Å². The second kappa shape index (κ2) is 6.63. The van der Waals surface area contributed by atoms with E-state index < -0.39 is 0 Å². The van der Waals surface area contributed by atoms with Crippen molar-refractivity contribution in [2.24, 2.45) is 0 Å². The summed E-state index contributed by atoms with van der Waals surface area (Å²) in [5, 5.41) is 4.40. The number of aromatic nitrogens is 2. The molecular formula is C15H18ClN3O2. The van der Waals surface area contributed by atoms with Crippen LogP contribution in [0.4, 0.5) is 5.69 Å². The number of methoxy groups -OCH3 is 1. The third-order valence-electron chi connectivity index (χ3n) is 3.28. The molecule has 1 aromatic heterocycles. The molecule has 0 aliphatic rings. The fraction of sp³-hybridized carbons (Fsp3) is 0.333. The molecule has 5 nitrogen and oxygen atoms in total. The standard InChI is InChI=1S/C15H18ClN3O2/c1-4-18(5-2)13-10-14(16)17-19(15(13)20)11-6-8-12(21-3)9-7-11/h6-10H,4-5H2,1-3H3. The molecular weight excluding hydrogens is 290 g/mol. The summed E-state index contributed by atoms with van der Waals surface area (Å²) >= 11 is 6.07. The Hall–Kier alpha value is -2.01. The normalized spacial score (nSPS) is 10.5. The zero-order valence-electron chi connectivity index (χ0n) is 12.3. The highest BCUT2D eigenvalue weighted by Crippen LogP contribution is 2.17. The van der Waals surface area contributed by atoms with Crippen molar-refractivity contribution in [3.05, 3.63) is 45.8 Å². The van der Waals surface area contributed by atoms with Crippen molar-refractivity contribution in [3.8, 4) is 11.4 Å². The Morgan fingerprint density at radius 1 is 1.24 bits per heavy atom. The van der Waals surface area contributed by atoms with E-state index in [1.807, 2.05) is 18.7 Å². The van der Waals surface area contributed by atoms with Gasteiger partial charge in [-0.3, -0.25) is 4.79 Å². The van der Waals surface area contributed by atoms with Crippen molar-refractivity contribution in [2.45, 2.75) is 13.8 Å². The third-order valence-corrected chi connectivity index (χ3v) is 3.47. The average molecular weight is 308 g/mol. The van der Waals surface area contributed by atoms with Crippen LogP contribution in [-0.4, -0.2) is 30.0 Å². The first kappa shape index (κ1) is 15.4. The van der Waals surface area contributed by atoms with Gasteiger partial charge in [-0.2, -0.15) is 9.78 Å². The fourth-order valence-electron chi connectivity index (χ4n) is 2.14. The van der Waals surface area contributed by atoms with Crippen LogP contribution in [0, 0.1) is 0 Å². The molecule has 21 heavy (non-hydrogen) atoms. The second-order valence-electron chi connectivity index (χ2n) is 4.44. The van der Waals surface area contributed by atoms with E-state index in [-0.39, 0.29) is 10.7 Å². The highest BCUT2D eigenvalue weighted by Gasteiger charge is 2.13. The van der Waals surface area contributed by atoms with Gasteiger partial charge in [0.05, 0.1) is 12.8 Å². The van der Waals surface area contributed by atoms with Gasteiger partial charge < -0.3 is 9.64 Å². The van der Waals surface area contributed by atoms with Crippen LogP contribution in [0.15, 0.2) is 35.1 Å². The van der Waals surface area contributed by atoms with Crippen LogP contribution in [0.25, 0.3) is 5.69 Å². The van der Waals surface area contributed by atoms with Gasteiger partial charge in [-0.15, -0.1) is 0 Å². The minimum absolute atomic E-state index is 0.187. The molecule has 0 amide bonds. The molecule has 0 spiro atoms. The molecule has 112 valence electrons. The molecule has 0 fully saturated rings. The fourth-order valence-corrected chi connectivity index (χ4v) is 2.32. The van der Waals surface area contributed by atoms with Crippen molar-refractivity contribution in [1.82, 2.24) is 9.78 Å². The van der Waals surface area contributed by atoms with Crippen LogP contribution in [-0.2, 0) is 0 Å². The third kappa shape index (κ3) is 3.19. The maximum Gasteiger partial charge on any atom is 0.295 e. The zero-order valence-corrected chi connectivity index (χ0v) is 13.1. The summed E-state index contributed by atoms with van der Waals surface area (Å²) in [5.41, 5.74) is 1.01. The number of nitrogens with zero attached hydrogens (tertiary/aromatic N) is 3. The first-order chi connectivity index (χ1) is 10.1. The van der Waals surface area contributed by atoms with E-state index in [2.05, 4.69) is 5.10 Å². The zero-order chi connectivity index (χ0) is 15.4. The number of anilines is 1. The Balaban J connectivity index is 2.55. The van der Waals surface area contributed by atoms with Crippen LogP contribution < -0.4 is 15.2 Å². The van der Waals surface area contributed by atoms with E-state index in [0.717, 1.165) is 18.8 Å². The molecule has 0 radical (unpaired) electrons. The molecule has 0 saturated carbocycles. The van der Waals surface area contributed by atoms with Gasteiger partial charge in [0.1, 0.15) is 11.4 Å². The van der Waals surface area contributed by atoms with Crippen molar-refractivity contribution in [1.29, 1.82) is 0 Å². The van der Waals surface area contributed by atoms with Crippen LogP contribution >= 0.6 is 11.6 Å². The molecule has 0 aliphatic carbocycles. The topological polar surface area (TPSA) is 47.4 Å². The van der Waals surface area contributed by atoms with E-state index in [1.165, 1.54) is 4.68 Å². The summed E-state index contributed by atoms with van der Waals surface area (Å²) in [7, 11) is 1.59. The lowest BCUT2D eigenvalue weighted by molar-refractivity contribution is 0.414. The Kier molecular flexibility index (Phi) is 4.85. The summed E-state index contributed by atoms with van der Waals surface area (Å²) in [6.07, 6.45) is 0. The van der Waals surface area contributed by atoms with E-state index >= 15 is 0 Å². The molecule has 2 aromatic rings. The highest BCUT2D eigenvalue weighted by molar-refractivity contribution is 6.29. The second-order valence-corrected chi connectivity index (χ2v) is 4.83. The molecule has 0 bridgehead atoms. The van der Waals surface area contributed by atoms with Gasteiger partial charge in [-0.25, -0.2) is 0 Å². The molecule has 2 rings (SSSR count). The first-order valence-corrected chi connectivity index (χ1v) is 7.17. The summed E-state index contributed by atoms with van der Waals surface area (Å²) in [6.45, 7) is 5.45. The number of hydrogen-bond donors (Lipinski definition) is 0. The Bertz CT molecular complexity index is 664. The Morgan fingerprint density at radius 2 is 1.86 bits per heavy atom. The lowest BCUT2D eigenvalue weighted by Gasteiger charge is -2.21. The van der Waals surface area contributed by atoms with Gasteiger partial charge in [0, 0.05) is 19.2 Å². The molecule has 0 saturated heterocycles. The molecule has 1 aromatic carbocycles. The maximum atomic E-state index is 12.6. The van der Waals surface area contributed by atoms with E-state index in [4.69, 9.17) is 16.3 Å². The minimum atomic E-state index is -0.187. The van der Waals surface area contributed by atoms with Gasteiger partial charge in [-0.05, 0) is 38.1 Å². The van der Waals surface area contributed by atoms with Crippen LogP contribution in [0.3, 0.4) is 0 Å². The van der Waals surface area contributed by atoms with Gasteiger partial charge in [0.15, 0.2) is 5.15 Å². The van der Waals surface area contributed by atoms with Crippen molar-refractivity contribution >= 4 is 17.3 Å². The summed E-state index contributed by atoms with van der Waals surface area (Å²) in [4.78, 5) is 14.6. The quantitative estimate of drug-likeness (QED) is 0.852. The van der Waals surface area contributed by atoms with E-state index in [0.29, 0.717) is 11.4 Å². The number of halogens is 1. The monoisotopic (exact) mass is 307 g/mol. The summed E-state index contributed by atoms with van der Waals surface area (Å²) in [6, 6.07) is 8.71. The Labute approximate surface area is 128 Å². The van der Waals surface area contributed by atoms with E-state index in [9.17, 15) is 4.79 Å². The van der Waals surface area contributed by atoms with Crippen LogP contribution in [0.2, 0.25) is 5.15 Å². The van der Waals surface area contributed by atoms with Gasteiger partial charge in [0.2, 0.25) is 0 Å². The first-order valence-electron chi connectivity index (χ1n) is 6.80. The van der Waals surface area contributed by atoms with Crippen molar-refractivity contribution < 1.29 is 4.74 Å². The average Bonchev–Trinajstić information content (AvgIpc) is 2.51. The predicted octanol–water partition coefficient (Wildman–Crippen LogP) is 2.74. The van der Waals surface area contributed by atoms with Crippen molar-refractivity contribution in [2.75, 3.05) is 25.1 Å². The molecule has 0 atom stereocenters. The number of benzene rings is 1. The SMILES string of the molecule is CCN(CC)c1cc(Cl)nn(-c2ccc(OC)cc2)c1=O. The summed E-state index contributed by atoms with van der Waals surface area (Å²) < 4.78 is 6.43. The van der Waals surface area contributed by atoms with E-state index in [1.54, 1.807) is 37.4 Å². The predicted molar refractivity (Wildman–Crippen MR) is 85.0 cm³/mol. The van der Waals surface area contributed by atoms with Gasteiger partial charge in [-0.1, -0.05) is 11.6 Å². The number of hydrogen-bond acceptors (Lipinski definition) is 4. The Morgan fingerprint density at radius 3 is 2.38 bits per heavy atom. The summed E-state index contributed by atoms with van der Waals surface area (Å²) in [5.74, 6) is 0.720. The molecule has 0 aliphatic heterocycles. The lowest BCUT2D eigenvalue weighted by atomic mass is 10.3. The lowest BCUT2D eigenvalue weighted by Crippen LogP contribution is -2.32. The van der Waals surface area contributed by atoms with Crippen molar-refractivity contribution in [3.63, 3.8) is 0 Å². The van der Waals surface area contributed by atoms with Crippen LogP contribution in [0.5, 0.6) is 5.75 Å². The van der Waals surface area contributed by atoms with Gasteiger partial charge in [0.25, 0.3) is 5.56 Å². The molecule has 0 N–H and O–H groups in total. The number of ether oxygens (including phenoxy) is 1. The maximum absolute atomic E-state index is 12.6.